The molecule has 1 unspecified atom stereocenters. The van der Waals surface area contributed by atoms with Crippen LogP contribution in [-0.4, -0.2) is 24.6 Å². The number of ether oxygens (including phenoxy) is 1. The predicted octanol–water partition coefficient (Wildman–Crippen LogP) is 3.56. The van der Waals surface area contributed by atoms with E-state index in [-0.39, 0.29) is 17.1 Å². The molecule has 0 amide bonds. The van der Waals surface area contributed by atoms with Gasteiger partial charge in [-0.3, -0.25) is 10.1 Å². The molecular formula is C16H26N2O3. The third kappa shape index (κ3) is 5.01. The minimum Gasteiger partial charge on any atom is -0.487 e. The second-order valence-corrected chi connectivity index (χ2v) is 6.32. The van der Waals surface area contributed by atoms with Crippen LogP contribution in [-0.2, 0) is 6.42 Å². The maximum Gasteiger partial charge on any atom is 0.310 e. The number of rotatable bonds is 7. The summed E-state index contributed by atoms with van der Waals surface area (Å²) in [6.07, 6.45) is 1.63. The van der Waals surface area contributed by atoms with Gasteiger partial charge in [-0.1, -0.05) is 33.8 Å². The van der Waals surface area contributed by atoms with Crippen LogP contribution in [0.5, 0.6) is 5.75 Å². The van der Waals surface area contributed by atoms with E-state index in [0.29, 0.717) is 12.4 Å². The smallest absolute Gasteiger partial charge is 0.310 e. The molecule has 0 fully saturated rings. The number of benzene rings is 1. The quantitative estimate of drug-likeness (QED) is 0.617. The van der Waals surface area contributed by atoms with Crippen molar-refractivity contribution in [3.8, 4) is 5.75 Å². The second-order valence-electron chi connectivity index (χ2n) is 6.32. The highest BCUT2D eigenvalue weighted by Crippen LogP contribution is 2.30. The van der Waals surface area contributed by atoms with Crippen molar-refractivity contribution in [2.45, 2.75) is 46.6 Å². The standard InChI is InChI=1S/C16H26N2O3/c1-6-9-21-14-10-12(7-8-13(14)18(19)20)11-15(17-5)16(2,3)4/h7-8,10,15,17H,6,9,11H2,1-5H3. The minimum atomic E-state index is -0.395. The van der Waals surface area contributed by atoms with Crippen molar-refractivity contribution in [2.24, 2.45) is 5.41 Å². The molecule has 1 N–H and O–H groups in total. The molecule has 1 aromatic carbocycles. The molecule has 0 radical (unpaired) electrons. The summed E-state index contributed by atoms with van der Waals surface area (Å²) >= 11 is 0. The molecule has 0 heterocycles. The van der Waals surface area contributed by atoms with Crippen LogP contribution < -0.4 is 10.1 Å². The van der Waals surface area contributed by atoms with Gasteiger partial charge in [-0.2, -0.15) is 0 Å². The lowest BCUT2D eigenvalue weighted by atomic mass is 9.83. The Morgan fingerprint density at radius 3 is 2.52 bits per heavy atom. The SMILES string of the molecule is CCCOc1cc(CC(NC)C(C)(C)C)ccc1[N+](=O)[O-]. The number of nitro benzene ring substituents is 1. The molecule has 0 aromatic heterocycles. The van der Waals surface area contributed by atoms with E-state index in [2.05, 4.69) is 26.1 Å². The van der Waals surface area contributed by atoms with Gasteiger partial charge in [0.25, 0.3) is 0 Å². The van der Waals surface area contributed by atoms with E-state index < -0.39 is 4.92 Å². The zero-order valence-corrected chi connectivity index (χ0v) is 13.6. The Kier molecular flexibility index (Phi) is 6.15. The van der Waals surface area contributed by atoms with E-state index in [4.69, 9.17) is 4.74 Å². The molecule has 0 aliphatic heterocycles. The van der Waals surface area contributed by atoms with Crippen molar-refractivity contribution in [1.29, 1.82) is 0 Å². The van der Waals surface area contributed by atoms with Crippen LogP contribution in [0.15, 0.2) is 18.2 Å². The molecule has 118 valence electrons. The van der Waals surface area contributed by atoms with Gasteiger partial charge in [-0.25, -0.2) is 0 Å². The van der Waals surface area contributed by atoms with Gasteiger partial charge < -0.3 is 10.1 Å². The highest BCUT2D eigenvalue weighted by Gasteiger charge is 2.24. The Labute approximate surface area is 126 Å². The van der Waals surface area contributed by atoms with Gasteiger partial charge in [0.1, 0.15) is 0 Å². The molecule has 1 rings (SSSR count). The molecule has 0 aliphatic carbocycles. The molecule has 21 heavy (non-hydrogen) atoms. The van der Waals surface area contributed by atoms with Crippen molar-refractivity contribution >= 4 is 5.69 Å². The Balaban J connectivity index is 3.01. The molecule has 1 aromatic rings. The number of likely N-dealkylation sites (N-methyl/N-ethyl adjacent to an activating group) is 1. The monoisotopic (exact) mass is 294 g/mol. The van der Waals surface area contributed by atoms with Crippen LogP contribution in [0.4, 0.5) is 5.69 Å². The number of hydrogen-bond donors (Lipinski definition) is 1. The fraction of sp³-hybridized carbons (Fsp3) is 0.625. The largest absolute Gasteiger partial charge is 0.487 e. The molecule has 0 bridgehead atoms. The maximum absolute atomic E-state index is 11.0. The second kappa shape index (κ2) is 7.41. The zero-order chi connectivity index (χ0) is 16.0. The first-order valence-electron chi connectivity index (χ1n) is 7.37. The fourth-order valence-corrected chi connectivity index (χ4v) is 2.24. The van der Waals surface area contributed by atoms with Gasteiger partial charge in [0.05, 0.1) is 11.5 Å². The van der Waals surface area contributed by atoms with Crippen molar-refractivity contribution in [2.75, 3.05) is 13.7 Å². The normalized spacial score (nSPS) is 13.0. The van der Waals surface area contributed by atoms with E-state index >= 15 is 0 Å². The number of nitrogens with zero attached hydrogens (tertiary/aromatic N) is 1. The molecule has 0 spiro atoms. The van der Waals surface area contributed by atoms with Crippen molar-refractivity contribution < 1.29 is 9.66 Å². The van der Waals surface area contributed by atoms with Gasteiger partial charge in [0, 0.05) is 12.1 Å². The third-order valence-corrected chi connectivity index (χ3v) is 3.52. The van der Waals surface area contributed by atoms with Crippen LogP contribution in [0.1, 0.15) is 39.7 Å². The summed E-state index contributed by atoms with van der Waals surface area (Å²) in [5.41, 5.74) is 1.19. The lowest BCUT2D eigenvalue weighted by Gasteiger charge is -2.30. The van der Waals surface area contributed by atoms with E-state index in [1.54, 1.807) is 6.07 Å². The van der Waals surface area contributed by atoms with Crippen molar-refractivity contribution in [3.05, 3.63) is 33.9 Å². The minimum absolute atomic E-state index is 0.0315. The maximum atomic E-state index is 11.0. The predicted molar refractivity (Wildman–Crippen MR) is 84.9 cm³/mol. The molecule has 1 atom stereocenters. The summed E-state index contributed by atoms with van der Waals surface area (Å²) in [7, 11) is 1.94. The first-order chi connectivity index (χ1) is 9.79. The summed E-state index contributed by atoms with van der Waals surface area (Å²) in [6.45, 7) is 8.99. The van der Waals surface area contributed by atoms with E-state index in [0.717, 1.165) is 18.4 Å². The van der Waals surface area contributed by atoms with Gasteiger partial charge in [-0.05, 0) is 36.9 Å². The van der Waals surface area contributed by atoms with Gasteiger partial charge in [0.2, 0.25) is 0 Å². The summed E-state index contributed by atoms with van der Waals surface area (Å²) in [6, 6.07) is 5.44. The average Bonchev–Trinajstić information content (AvgIpc) is 2.40. The highest BCUT2D eigenvalue weighted by atomic mass is 16.6. The number of nitrogens with one attached hydrogen (secondary N) is 1. The van der Waals surface area contributed by atoms with Gasteiger partial charge in [-0.15, -0.1) is 0 Å². The van der Waals surface area contributed by atoms with Gasteiger partial charge >= 0.3 is 5.69 Å². The molecular weight excluding hydrogens is 268 g/mol. The summed E-state index contributed by atoms with van der Waals surface area (Å²) in [5.74, 6) is 0.364. The Morgan fingerprint density at radius 2 is 2.05 bits per heavy atom. The van der Waals surface area contributed by atoms with E-state index in [1.165, 1.54) is 6.07 Å². The van der Waals surface area contributed by atoms with Crippen molar-refractivity contribution in [3.63, 3.8) is 0 Å². The lowest BCUT2D eigenvalue weighted by molar-refractivity contribution is -0.385. The fourth-order valence-electron chi connectivity index (χ4n) is 2.24. The summed E-state index contributed by atoms with van der Waals surface area (Å²) in [4.78, 5) is 10.7. The average molecular weight is 294 g/mol. The number of nitro groups is 1. The summed E-state index contributed by atoms with van der Waals surface area (Å²) < 4.78 is 5.53. The third-order valence-electron chi connectivity index (χ3n) is 3.52. The first-order valence-corrected chi connectivity index (χ1v) is 7.37. The van der Waals surface area contributed by atoms with Crippen LogP contribution in [0.25, 0.3) is 0 Å². The Bertz CT molecular complexity index is 481. The van der Waals surface area contributed by atoms with Crippen LogP contribution >= 0.6 is 0 Å². The Morgan fingerprint density at radius 1 is 1.38 bits per heavy atom. The van der Waals surface area contributed by atoms with E-state index in [1.807, 2.05) is 20.0 Å². The van der Waals surface area contributed by atoms with Crippen LogP contribution in [0.3, 0.4) is 0 Å². The molecule has 0 saturated carbocycles. The molecule has 5 nitrogen and oxygen atoms in total. The highest BCUT2D eigenvalue weighted by molar-refractivity contribution is 5.48. The van der Waals surface area contributed by atoms with E-state index in [9.17, 15) is 10.1 Å². The number of hydrogen-bond acceptors (Lipinski definition) is 4. The van der Waals surface area contributed by atoms with Gasteiger partial charge in [0.15, 0.2) is 5.75 Å². The molecule has 5 heteroatoms. The Hall–Kier alpha value is -1.62. The first kappa shape index (κ1) is 17.4. The molecule has 0 saturated heterocycles. The van der Waals surface area contributed by atoms with Crippen molar-refractivity contribution in [1.82, 2.24) is 5.32 Å². The van der Waals surface area contributed by atoms with Crippen LogP contribution in [0, 0.1) is 15.5 Å². The molecule has 0 aliphatic rings. The zero-order valence-electron chi connectivity index (χ0n) is 13.6. The van der Waals surface area contributed by atoms with Crippen LogP contribution in [0.2, 0.25) is 0 Å². The summed E-state index contributed by atoms with van der Waals surface area (Å²) in [5, 5.41) is 14.4. The lowest BCUT2D eigenvalue weighted by Crippen LogP contribution is -2.39. The topological polar surface area (TPSA) is 64.4 Å².